The van der Waals surface area contributed by atoms with Crippen molar-refractivity contribution in [2.75, 3.05) is 18.4 Å². The third-order valence-corrected chi connectivity index (χ3v) is 5.21. The van der Waals surface area contributed by atoms with Crippen molar-refractivity contribution in [1.29, 1.82) is 0 Å². The summed E-state index contributed by atoms with van der Waals surface area (Å²) < 4.78 is 0. The largest absolute Gasteiger partial charge is 0.361 e. The van der Waals surface area contributed by atoms with Crippen LogP contribution in [0.15, 0.2) is 17.0 Å². The summed E-state index contributed by atoms with van der Waals surface area (Å²) in [6.45, 7) is 3.86. The monoisotopic (exact) mass is 349 g/mol. The van der Waals surface area contributed by atoms with Crippen LogP contribution in [-0.4, -0.2) is 24.0 Å². The molecule has 0 bridgehead atoms. The topological polar surface area (TPSA) is 54.0 Å². The molecule has 24 heavy (non-hydrogen) atoms. The molecule has 134 valence electrons. The fourth-order valence-electron chi connectivity index (χ4n) is 2.94. The Bertz CT molecular complexity index is 524. The zero-order chi connectivity index (χ0) is 17.0. The van der Waals surface area contributed by atoms with Crippen molar-refractivity contribution in [3.05, 3.63) is 22.7 Å². The van der Waals surface area contributed by atoms with Gasteiger partial charge < -0.3 is 10.6 Å². The number of nitrogens with zero attached hydrogens (tertiary/aromatic N) is 1. The first-order valence-corrected chi connectivity index (χ1v) is 10.3. The van der Waals surface area contributed by atoms with Gasteiger partial charge in [0.2, 0.25) is 0 Å². The van der Waals surface area contributed by atoms with Gasteiger partial charge in [0.25, 0.3) is 5.91 Å². The quantitative estimate of drug-likeness (QED) is 0.429. The number of carbonyl (C=O) groups is 1. The number of allylic oxidation sites excluding steroid dienone is 1. The lowest BCUT2D eigenvalue weighted by atomic mass is 9.97. The maximum atomic E-state index is 12.1. The van der Waals surface area contributed by atoms with Crippen LogP contribution < -0.4 is 10.6 Å². The lowest BCUT2D eigenvalue weighted by Gasteiger charge is -2.12. The summed E-state index contributed by atoms with van der Waals surface area (Å²) in [4.78, 5) is 16.5. The molecule has 1 aliphatic carbocycles. The van der Waals surface area contributed by atoms with Gasteiger partial charge in [0.1, 0.15) is 5.69 Å². The van der Waals surface area contributed by atoms with Gasteiger partial charge in [-0.1, -0.05) is 44.3 Å². The van der Waals surface area contributed by atoms with E-state index in [4.69, 9.17) is 0 Å². The van der Waals surface area contributed by atoms with Gasteiger partial charge in [-0.05, 0) is 38.5 Å². The van der Waals surface area contributed by atoms with Crippen LogP contribution in [0.3, 0.4) is 0 Å². The third kappa shape index (κ3) is 7.04. The molecule has 0 radical (unpaired) electrons. The highest BCUT2D eigenvalue weighted by molar-refractivity contribution is 7.13. The Morgan fingerprint density at radius 1 is 1.21 bits per heavy atom. The van der Waals surface area contributed by atoms with E-state index in [0.717, 1.165) is 31.1 Å². The SMILES string of the molecule is CCCCCCCNC(=O)c1csc(NCCC2=CCCCC2)n1. The molecule has 0 atom stereocenters. The molecule has 0 spiro atoms. The number of thiazole rings is 1. The van der Waals surface area contributed by atoms with Gasteiger partial charge in [-0.25, -0.2) is 4.98 Å². The highest BCUT2D eigenvalue weighted by Crippen LogP contribution is 2.21. The maximum Gasteiger partial charge on any atom is 0.270 e. The number of hydrogen-bond donors (Lipinski definition) is 2. The van der Waals surface area contributed by atoms with Crippen molar-refractivity contribution < 1.29 is 4.79 Å². The molecule has 0 aliphatic heterocycles. The molecule has 1 aromatic rings. The van der Waals surface area contributed by atoms with Crippen molar-refractivity contribution >= 4 is 22.4 Å². The van der Waals surface area contributed by atoms with E-state index >= 15 is 0 Å². The van der Waals surface area contributed by atoms with Crippen LogP contribution in [-0.2, 0) is 0 Å². The van der Waals surface area contributed by atoms with Crippen LogP contribution in [0.5, 0.6) is 0 Å². The molecule has 0 saturated carbocycles. The molecule has 2 N–H and O–H groups in total. The lowest BCUT2D eigenvalue weighted by molar-refractivity contribution is 0.0948. The first kappa shape index (κ1) is 19.0. The standard InChI is InChI=1S/C19H31N3OS/c1-2-3-4-5-9-13-20-18(23)17-15-24-19(22-17)21-14-12-16-10-7-6-8-11-16/h10,15H,2-9,11-14H2,1H3,(H,20,23)(H,21,22). The van der Waals surface area contributed by atoms with Crippen molar-refractivity contribution in [3.8, 4) is 0 Å². The van der Waals surface area contributed by atoms with Crippen LogP contribution in [0.2, 0.25) is 0 Å². The number of anilines is 1. The molecule has 1 heterocycles. The molecule has 1 amide bonds. The minimum Gasteiger partial charge on any atom is -0.361 e. The highest BCUT2D eigenvalue weighted by atomic mass is 32.1. The second kappa shape index (κ2) is 11.2. The Kier molecular flexibility index (Phi) is 8.88. The van der Waals surface area contributed by atoms with Gasteiger partial charge in [0, 0.05) is 18.5 Å². The molecule has 4 nitrogen and oxygen atoms in total. The van der Waals surface area contributed by atoms with E-state index < -0.39 is 0 Å². The molecule has 0 fully saturated rings. The summed E-state index contributed by atoms with van der Waals surface area (Å²) in [5.74, 6) is -0.0511. The number of unbranched alkanes of at least 4 members (excludes halogenated alkanes) is 4. The molecule has 1 aliphatic rings. The zero-order valence-corrected chi connectivity index (χ0v) is 15.7. The Morgan fingerprint density at radius 2 is 2.08 bits per heavy atom. The van der Waals surface area contributed by atoms with E-state index in [1.807, 2.05) is 5.38 Å². The van der Waals surface area contributed by atoms with E-state index in [-0.39, 0.29) is 5.91 Å². The predicted molar refractivity (Wildman–Crippen MR) is 103 cm³/mol. The first-order chi connectivity index (χ1) is 11.8. The Balaban J connectivity index is 1.62. The average Bonchev–Trinajstić information content (AvgIpc) is 3.08. The van der Waals surface area contributed by atoms with Crippen LogP contribution in [0.25, 0.3) is 0 Å². The zero-order valence-electron chi connectivity index (χ0n) is 14.9. The predicted octanol–water partition coefficient (Wildman–Crippen LogP) is 5.15. The smallest absolute Gasteiger partial charge is 0.270 e. The van der Waals surface area contributed by atoms with Crippen LogP contribution in [0.1, 0.15) is 81.6 Å². The number of aromatic nitrogens is 1. The summed E-state index contributed by atoms with van der Waals surface area (Å²) in [5, 5.41) is 9.00. The molecule has 0 unspecified atom stereocenters. The van der Waals surface area contributed by atoms with E-state index in [9.17, 15) is 4.79 Å². The molecule has 1 aromatic heterocycles. The van der Waals surface area contributed by atoms with E-state index in [0.29, 0.717) is 5.69 Å². The van der Waals surface area contributed by atoms with Crippen molar-refractivity contribution in [2.24, 2.45) is 0 Å². The van der Waals surface area contributed by atoms with Gasteiger partial charge in [0.15, 0.2) is 5.13 Å². The average molecular weight is 350 g/mol. The van der Waals surface area contributed by atoms with Gasteiger partial charge >= 0.3 is 0 Å². The van der Waals surface area contributed by atoms with Crippen molar-refractivity contribution in [2.45, 2.75) is 71.1 Å². The maximum absolute atomic E-state index is 12.1. The van der Waals surface area contributed by atoms with Gasteiger partial charge in [-0.2, -0.15) is 0 Å². The van der Waals surface area contributed by atoms with E-state index in [2.05, 4.69) is 28.6 Å². The van der Waals surface area contributed by atoms with Crippen LogP contribution in [0, 0.1) is 0 Å². The Hall–Kier alpha value is -1.36. The molecule has 5 heteroatoms. The summed E-state index contributed by atoms with van der Waals surface area (Å²) >= 11 is 1.51. The summed E-state index contributed by atoms with van der Waals surface area (Å²) in [7, 11) is 0. The van der Waals surface area contributed by atoms with Crippen LogP contribution in [0.4, 0.5) is 5.13 Å². The van der Waals surface area contributed by atoms with Gasteiger partial charge in [-0.15, -0.1) is 11.3 Å². The normalized spacial score (nSPS) is 14.3. The van der Waals surface area contributed by atoms with Crippen molar-refractivity contribution in [1.82, 2.24) is 10.3 Å². The number of nitrogens with one attached hydrogen (secondary N) is 2. The molecule has 0 aromatic carbocycles. The Morgan fingerprint density at radius 3 is 2.88 bits per heavy atom. The fraction of sp³-hybridized carbons (Fsp3) is 0.684. The van der Waals surface area contributed by atoms with E-state index in [1.165, 1.54) is 62.7 Å². The number of carbonyl (C=O) groups excluding carboxylic acids is 1. The fourth-order valence-corrected chi connectivity index (χ4v) is 3.66. The van der Waals surface area contributed by atoms with Crippen molar-refractivity contribution in [3.63, 3.8) is 0 Å². The lowest BCUT2D eigenvalue weighted by Crippen LogP contribution is -2.24. The Labute approximate surface area is 150 Å². The highest BCUT2D eigenvalue weighted by Gasteiger charge is 2.10. The number of rotatable bonds is 11. The number of amides is 1. The molecular formula is C19H31N3OS. The minimum absolute atomic E-state index is 0.0511. The summed E-state index contributed by atoms with van der Waals surface area (Å²) in [6, 6.07) is 0. The minimum atomic E-state index is -0.0511. The molecule has 0 saturated heterocycles. The van der Waals surface area contributed by atoms with Gasteiger partial charge in [-0.3, -0.25) is 4.79 Å². The summed E-state index contributed by atoms with van der Waals surface area (Å²) in [6.07, 6.45) is 14.6. The second-order valence-electron chi connectivity index (χ2n) is 6.49. The van der Waals surface area contributed by atoms with E-state index in [1.54, 1.807) is 5.57 Å². The second-order valence-corrected chi connectivity index (χ2v) is 7.35. The first-order valence-electron chi connectivity index (χ1n) is 9.45. The summed E-state index contributed by atoms with van der Waals surface area (Å²) in [5.41, 5.74) is 2.10. The molecular weight excluding hydrogens is 318 g/mol. The molecule has 2 rings (SSSR count). The third-order valence-electron chi connectivity index (χ3n) is 4.41. The van der Waals surface area contributed by atoms with Crippen LogP contribution >= 0.6 is 11.3 Å². The van der Waals surface area contributed by atoms with Gasteiger partial charge in [0.05, 0.1) is 0 Å². The number of hydrogen-bond acceptors (Lipinski definition) is 4.